The number of methoxy groups -OCH3 is 2. The van der Waals surface area contributed by atoms with E-state index >= 15 is 0 Å². The van der Waals surface area contributed by atoms with Gasteiger partial charge in [-0.2, -0.15) is 5.26 Å². The third-order valence-electron chi connectivity index (χ3n) is 24.2. The third kappa shape index (κ3) is 22.8. The summed E-state index contributed by atoms with van der Waals surface area (Å²) < 4.78 is 19.7. The number of nitriles is 1. The molecule has 6 bridgehead atoms. The fraction of sp³-hybridized carbons (Fsp3) is 0.321. The van der Waals surface area contributed by atoms with Crippen LogP contribution in [0.25, 0.3) is 87.7 Å². The molecule has 6 aliphatic heterocycles. The van der Waals surface area contributed by atoms with E-state index in [0.717, 1.165) is 268 Å². The minimum absolute atomic E-state index is 0. The summed E-state index contributed by atoms with van der Waals surface area (Å²) in [5.41, 5.74) is 14.2. The number of hydrogen-bond donors (Lipinski definition) is 3. The molecule has 132 heavy (non-hydrogen) atoms. The Morgan fingerprint density at radius 3 is 1.23 bits per heavy atom. The summed E-state index contributed by atoms with van der Waals surface area (Å²) in [6.07, 6.45) is 56.3. The van der Waals surface area contributed by atoms with Crippen molar-refractivity contribution in [1.29, 1.82) is 5.26 Å². The van der Waals surface area contributed by atoms with Crippen molar-refractivity contribution in [1.82, 2.24) is 48.3 Å². The normalized spacial score (nSPS) is 14.0. The van der Waals surface area contributed by atoms with Crippen molar-refractivity contribution < 1.29 is 47.8 Å². The van der Waals surface area contributed by atoms with Crippen molar-refractivity contribution >= 4 is 152 Å². The molecule has 0 spiro atoms. The average molecular weight is 1790 g/mol. The summed E-state index contributed by atoms with van der Waals surface area (Å²) in [5, 5.41) is 18.8. The predicted molar refractivity (Wildman–Crippen MR) is 527 cm³/mol. The number of alkyl halides is 1. The molecule has 0 radical (unpaired) electrons. The second-order valence-electron chi connectivity index (χ2n) is 32.7. The molecule has 13 heterocycles. The second-order valence-corrected chi connectivity index (χ2v) is 33.1. The highest BCUT2D eigenvalue weighted by Gasteiger charge is 2.38. The van der Waals surface area contributed by atoms with Crippen molar-refractivity contribution in [2.24, 2.45) is 0 Å². The Kier molecular flexibility index (Phi) is 34.8. The highest BCUT2D eigenvalue weighted by molar-refractivity contribution is 6.52. The lowest BCUT2D eigenvalue weighted by Crippen LogP contribution is -2.22. The van der Waals surface area contributed by atoms with Crippen LogP contribution >= 0.6 is 11.6 Å². The van der Waals surface area contributed by atoms with E-state index in [9.17, 15) is 38.4 Å². The summed E-state index contributed by atoms with van der Waals surface area (Å²) in [7, 11) is 2.40. The first kappa shape index (κ1) is 96.5. The number of carbonyl (C=O) groups excluding carboxylic acids is 8. The molecule has 23 heteroatoms. The summed E-state index contributed by atoms with van der Waals surface area (Å²) in [5.74, 6) is 8.17. The largest absolute Gasteiger partial charge is 0.463 e. The van der Waals surface area contributed by atoms with Gasteiger partial charge in [-0.05, 0) is 164 Å². The number of Topliss-reactive ketones (excluding diaryl/α,β-unsaturated/α-hetero) is 2. The smallest absolute Gasteiger partial charge is 0.379 e. The Balaban J connectivity index is 0.000000160. The first-order valence-electron chi connectivity index (χ1n) is 45.2. The fourth-order valence-electron chi connectivity index (χ4n) is 17.6. The number of anilines is 1. The lowest BCUT2D eigenvalue weighted by Gasteiger charge is -2.21. The van der Waals surface area contributed by atoms with Gasteiger partial charge in [0.05, 0.1) is 47.6 Å². The van der Waals surface area contributed by atoms with E-state index in [1.54, 1.807) is 17.2 Å². The number of terminal acetylenes is 4. The number of imide groups is 2. The molecular formula is C109H113ClN12O10. The maximum absolute atomic E-state index is 13.5. The zero-order valence-electron chi connectivity index (χ0n) is 74.4. The quantitative estimate of drug-likeness (QED) is 0.00833. The number of halogens is 1. The molecule has 2 saturated heterocycles. The van der Waals surface area contributed by atoms with Gasteiger partial charge in [0.2, 0.25) is 0 Å². The molecule has 2 fully saturated rings. The maximum atomic E-state index is 13.5. The number of likely N-dealkylation sites (tertiary alicyclic amines) is 1. The predicted octanol–water partition coefficient (Wildman–Crippen LogP) is 19.8. The van der Waals surface area contributed by atoms with Crippen LogP contribution < -0.4 is 15.5 Å². The minimum Gasteiger partial charge on any atom is -0.463 e. The van der Waals surface area contributed by atoms with Crippen LogP contribution in [0, 0.1) is 60.8 Å². The average Bonchev–Trinajstić information content (AvgIpc) is 1.59. The molecule has 0 aliphatic carbocycles. The van der Waals surface area contributed by atoms with Gasteiger partial charge in [0.1, 0.15) is 5.82 Å². The van der Waals surface area contributed by atoms with Crippen LogP contribution in [0.2, 0.25) is 0 Å². The van der Waals surface area contributed by atoms with Gasteiger partial charge in [-0.25, -0.2) is 14.6 Å². The van der Waals surface area contributed by atoms with E-state index < -0.39 is 23.5 Å². The van der Waals surface area contributed by atoms with Gasteiger partial charge in [-0.1, -0.05) is 123 Å². The molecule has 19 rings (SSSR count). The molecule has 6 aromatic carbocycles. The topological polar surface area (TPSA) is 263 Å². The van der Waals surface area contributed by atoms with Crippen LogP contribution in [0.15, 0.2) is 195 Å². The second kappa shape index (κ2) is 47.6. The molecule has 0 unspecified atom stereocenters. The number of esters is 2. The van der Waals surface area contributed by atoms with Gasteiger partial charge in [0.15, 0.2) is 6.19 Å². The number of aryl methyl sites for hydroxylation is 7. The number of aromatic amines is 1. The first-order valence-corrected chi connectivity index (χ1v) is 45.7. The van der Waals surface area contributed by atoms with Gasteiger partial charge in [-0.3, -0.25) is 39.4 Å². The standard InChI is InChI=1S/C37H37N5O2.C32H29N3O2.C17H17NO3.C11H9NO3.C6H9Cl.C5H8N2.CH4/c43-36-33-29-23-41(31-15-3-1-13-27(29)31)21-7-5-11-25-17-18-26(38-35(25)40-19-9-10-20-40)12-6-8-22-42-24-30(34(33)37(44)39-36)28-14-2-4-16-32(28)42;1-3-5-7-13-19-34-21-25(23-15-9-11-17-27(23)34)29-30(32(37)33-31(29)36)26-22-35(20-14-8-6-4-2)28-18-12-10-16-24(26)28;1-3-4-5-8-11-18-12-14(16(19)17(20)21-2)13-9-6-7-10-15(13)18;1-15-11(14)10(13)8-6-12-9-5-3-2-4-7(8)9;1-2-3-4-5-6-7;6-5-7-3-1-2-4-7;/h1-4,13-18,23-24H,5-12,19-22H2,(H,39,43,44);1-2,9-12,15-18,21-22H,5-8,13-14,19-20H2,(H,33,36,37);1,6-7,9-10,12H,4-5,8,11H2,2H3;2-6,12H,1H3;1H,3-6H2;1-4H2;1H4. The van der Waals surface area contributed by atoms with E-state index in [0.29, 0.717) is 33.4 Å². The van der Waals surface area contributed by atoms with E-state index in [2.05, 4.69) is 139 Å². The SMILES string of the molecule is C.C#CCCCCCl.C#CCCCCn1cc(C(=O)C(=O)OC)c2ccccc21.C#CCCCCn1cc(C2=C(c3cn(CCCCC#C)c4ccccc34)C(=O)NC2=O)c2ccccc21.COC(=O)C(=O)c1c[nH]c2ccccc12.N#CN1CCCC1.O=C1NC(=O)C2=C1c1cn(c3ccccc13)CCCCc1ccc(c(N3CCCC3)n1)CCCCn1cc2c2ccccc21. The maximum Gasteiger partial charge on any atom is 0.379 e. The van der Waals surface area contributed by atoms with E-state index in [-0.39, 0.29) is 31.1 Å². The number of benzene rings is 6. The molecule has 3 N–H and O–H groups in total. The Morgan fingerprint density at radius 1 is 0.417 bits per heavy atom. The molecule has 0 atom stereocenters. The number of amides is 4. The third-order valence-corrected chi connectivity index (χ3v) is 24.4. The molecule has 22 nitrogen and oxygen atoms in total. The zero-order chi connectivity index (χ0) is 92.1. The summed E-state index contributed by atoms with van der Waals surface area (Å²) in [6.45, 7) is 8.16. The molecule has 13 aromatic rings. The monoisotopic (exact) mass is 1780 g/mol. The minimum atomic E-state index is -0.847. The molecular weight excluding hydrogens is 1670 g/mol. The Bertz CT molecular complexity index is 6550. The number of H-pyrrole nitrogens is 1. The summed E-state index contributed by atoms with van der Waals surface area (Å²) in [4.78, 5) is 112. The van der Waals surface area contributed by atoms with Crippen molar-refractivity contribution in [3.8, 4) is 55.6 Å². The van der Waals surface area contributed by atoms with Crippen LogP contribution in [0.4, 0.5) is 5.82 Å². The molecule has 0 saturated carbocycles. The number of fused-ring (bicyclic) bond motifs is 14. The van der Waals surface area contributed by atoms with Gasteiger partial charge >= 0.3 is 11.9 Å². The Hall–Kier alpha value is -14.6. The zero-order valence-corrected chi connectivity index (χ0v) is 75.2. The molecule has 676 valence electrons. The summed E-state index contributed by atoms with van der Waals surface area (Å²) in [6, 6.07) is 51.9. The van der Waals surface area contributed by atoms with Crippen LogP contribution in [0.5, 0.6) is 0 Å². The number of nitrogens with zero attached hydrogens (tertiary/aromatic N) is 9. The van der Waals surface area contributed by atoms with Crippen LogP contribution in [0.1, 0.15) is 190 Å². The molecule has 4 amide bonds. The highest BCUT2D eigenvalue weighted by atomic mass is 35.5. The highest BCUT2D eigenvalue weighted by Crippen LogP contribution is 2.42. The number of carbonyl (C=O) groups is 8. The number of aromatic nitrogens is 7. The first-order chi connectivity index (χ1) is 64.1. The summed E-state index contributed by atoms with van der Waals surface area (Å²) >= 11 is 5.37. The molecule has 6 aliphatic rings. The van der Waals surface area contributed by atoms with Crippen LogP contribution in [0.3, 0.4) is 0 Å². The lowest BCUT2D eigenvalue weighted by molar-refractivity contribution is -0.135. The van der Waals surface area contributed by atoms with Gasteiger partial charge in [0, 0.05) is 221 Å². The number of rotatable bonds is 22. The molecule has 7 aromatic heterocycles. The van der Waals surface area contributed by atoms with Crippen LogP contribution in [-0.4, -0.2) is 131 Å². The number of ether oxygens (including phenoxy) is 2. The van der Waals surface area contributed by atoms with Crippen molar-refractivity contribution in [2.45, 2.75) is 181 Å². The number of unbranched alkanes of at least 4 members (excludes halogenated alkanes) is 8. The number of nitrogens with one attached hydrogen (secondary N) is 3. The number of hydrogen-bond acceptors (Lipinski definition) is 14. The van der Waals surface area contributed by atoms with E-state index in [4.69, 9.17) is 47.5 Å². The van der Waals surface area contributed by atoms with Crippen molar-refractivity contribution in [3.63, 3.8) is 0 Å². The fourth-order valence-corrected chi connectivity index (χ4v) is 17.8. The van der Waals surface area contributed by atoms with Gasteiger partial charge in [0.25, 0.3) is 35.2 Å². The number of pyridine rings is 1. The van der Waals surface area contributed by atoms with Crippen molar-refractivity contribution in [3.05, 3.63) is 240 Å². The van der Waals surface area contributed by atoms with Gasteiger partial charge < -0.3 is 47.1 Å². The Labute approximate surface area is 776 Å². The Morgan fingerprint density at radius 2 is 0.788 bits per heavy atom. The van der Waals surface area contributed by atoms with Gasteiger partial charge in [-0.15, -0.1) is 61.0 Å². The van der Waals surface area contributed by atoms with E-state index in [1.165, 1.54) is 63.2 Å². The van der Waals surface area contributed by atoms with Crippen LogP contribution in [-0.2, 0) is 83.8 Å². The van der Waals surface area contributed by atoms with E-state index in [1.807, 2.05) is 120 Å². The van der Waals surface area contributed by atoms with Crippen molar-refractivity contribution in [2.75, 3.05) is 51.2 Å². The lowest BCUT2D eigenvalue weighted by atomic mass is 9.95. The number of para-hydroxylation sites is 6. The number of ketones is 2.